The lowest BCUT2D eigenvalue weighted by atomic mass is 10.3. The van der Waals surface area contributed by atoms with Crippen molar-refractivity contribution in [2.75, 3.05) is 11.9 Å². The Labute approximate surface area is 81.3 Å². The maximum Gasteiger partial charge on any atom is 0.224 e. The van der Waals surface area contributed by atoms with Crippen LogP contribution in [0.15, 0.2) is 24.9 Å². The molecule has 1 unspecified atom stereocenters. The van der Waals surface area contributed by atoms with Crippen molar-refractivity contribution in [2.24, 2.45) is 0 Å². The predicted molar refractivity (Wildman–Crippen MR) is 51.7 cm³/mol. The molecule has 0 radical (unpaired) electrons. The summed E-state index contributed by atoms with van der Waals surface area (Å²) >= 11 is 5.56. The fourth-order valence-electron chi connectivity index (χ4n) is 0.784. The van der Waals surface area contributed by atoms with E-state index < -0.39 is 0 Å². The Bertz CT molecular complexity index is 292. The van der Waals surface area contributed by atoms with Gasteiger partial charge in [0.1, 0.15) is 5.82 Å². The molecule has 0 aromatic carbocycles. The van der Waals surface area contributed by atoms with E-state index in [0.29, 0.717) is 5.82 Å². The highest BCUT2D eigenvalue weighted by atomic mass is 35.5. The van der Waals surface area contributed by atoms with Crippen LogP contribution in [0.5, 0.6) is 0 Å². The number of hydrogen-bond donors (Lipinski definition) is 2. The summed E-state index contributed by atoms with van der Waals surface area (Å²) in [6.07, 6.45) is 3.13. The SMILES string of the molecule is C=CC(CO)Nc1ccnc(Cl)n1. The summed E-state index contributed by atoms with van der Waals surface area (Å²) in [4.78, 5) is 7.62. The van der Waals surface area contributed by atoms with Crippen molar-refractivity contribution in [3.63, 3.8) is 0 Å². The molecule has 0 spiro atoms. The van der Waals surface area contributed by atoms with Gasteiger partial charge in [0.2, 0.25) is 5.28 Å². The van der Waals surface area contributed by atoms with Gasteiger partial charge >= 0.3 is 0 Å². The first kappa shape index (κ1) is 9.95. The van der Waals surface area contributed by atoms with Crippen molar-refractivity contribution in [3.05, 3.63) is 30.2 Å². The molecular weight excluding hydrogens is 190 g/mol. The Morgan fingerprint density at radius 1 is 1.77 bits per heavy atom. The second-order valence-electron chi connectivity index (χ2n) is 2.38. The molecule has 0 saturated carbocycles. The summed E-state index contributed by atoms with van der Waals surface area (Å²) in [5.74, 6) is 0.568. The van der Waals surface area contributed by atoms with Gasteiger partial charge in [-0.15, -0.1) is 6.58 Å². The largest absolute Gasteiger partial charge is 0.394 e. The van der Waals surface area contributed by atoms with Crippen LogP contribution in [-0.4, -0.2) is 27.7 Å². The van der Waals surface area contributed by atoms with Crippen LogP contribution in [0, 0.1) is 0 Å². The third-order valence-corrected chi connectivity index (χ3v) is 1.62. The molecule has 4 nitrogen and oxygen atoms in total. The highest BCUT2D eigenvalue weighted by molar-refractivity contribution is 6.28. The van der Waals surface area contributed by atoms with Gasteiger partial charge in [0, 0.05) is 6.20 Å². The molecule has 1 aromatic heterocycles. The zero-order chi connectivity index (χ0) is 9.68. The average Bonchev–Trinajstić information content (AvgIpc) is 2.14. The van der Waals surface area contributed by atoms with E-state index in [-0.39, 0.29) is 17.9 Å². The molecular formula is C8H10ClN3O. The van der Waals surface area contributed by atoms with Gasteiger partial charge in [-0.1, -0.05) is 6.08 Å². The number of aliphatic hydroxyl groups is 1. The van der Waals surface area contributed by atoms with Gasteiger partial charge < -0.3 is 10.4 Å². The van der Waals surface area contributed by atoms with Gasteiger partial charge in [0.25, 0.3) is 0 Å². The van der Waals surface area contributed by atoms with Crippen LogP contribution in [0.1, 0.15) is 0 Å². The van der Waals surface area contributed by atoms with Gasteiger partial charge in [-0.2, -0.15) is 0 Å². The first-order valence-corrected chi connectivity index (χ1v) is 4.12. The molecule has 0 saturated heterocycles. The summed E-state index contributed by atoms with van der Waals surface area (Å²) in [6, 6.07) is 1.45. The minimum atomic E-state index is -0.217. The number of anilines is 1. The van der Waals surface area contributed by atoms with Gasteiger partial charge in [0.05, 0.1) is 12.6 Å². The molecule has 0 aliphatic heterocycles. The fraction of sp³-hybridized carbons (Fsp3) is 0.250. The Balaban J connectivity index is 2.67. The van der Waals surface area contributed by atoms with Crippen LogP contribution in [0.4, 0.5) is 5.82 Å². The van der Waals surface area contributed by atoms with Crippen molar-refractivity contribution in [3.8, 4) is 0 Å². The third-order valence-electron chi connectivity index (χ3n) is 1.44. The second kappa shape index (κ2) is 4.79. The first-order valence-electron chi connectivity index (χ1n) is 3.74. The van der Waals surface area contributed by atoms with Crippen molar-refractivity contribution >= 4 is 17.4 Å². The molecule has 1 heterocycles. The number of aliphatic hydroxyl groups excluding tert-OH is 1. The molecule has 5 heteroatoms. The van der Waals surface area contributed by atoms with E-state index in [0.717, 1.165) is 0 Å². The normalized spacial score (nSPS) is 12.2. The third kappa shape index (κ3) is 3.01. The molecule has 1 rings (SSSR count). The summed E-state index contributed by atoms with van der Waals surface area (Å²) in [5.41, 5.74) is 0. The quantitative estimate of drug-likeness (QED) is 0.563. The lowest BCUT2D eigenvalue weighted by Crippen LogP contribution is -2.21. The van der Waals surface area contributed by atoms with Gasteiger partial charge in [-0.05, 0) is 17.7 Å². The van der Waals surface area contributed by atoms with Crippen molar-refractivity contribution < 1.29 is 5.11 Å². The monoisotopic (exact) mass is 199 g/mol. The number of nitrogens with one attached hydrogen (secondary N) is 1. The van der Waals surface area contributed by atoms with Crippen LogP contribution >= 0.6 is 11.6 Å². The summed E-state index contributed by atoms with van der Waals surface area (Å²) < 4.78 is 0. The molecule has 1 aromatic rings. The molecule has 0 bridgehead atoms. The van der Waals surface area contributed by atoms with Crippen LogP contribution in [0.3, 0.4) is 0 Å². The van der Waals surface area contributed by atoms with Crippen LogP contribution < -0.4 is 5.32 Å². The number of rotatable bonds is 4. The van der Waals surface area contributed by atoms with Crippen LogP contribution in [-0.2, 0) is 0 Å². The highest BCUT2D eigenvalue weighted by Gasteiger charge is 2.02. The molecule has 70 valence electrons. The van der Waals surface area contributed by atoms with E-state index in [1.54, 1.807) is 12.1 Å². The Morgan fingerprint density at radius 2 is 2.54 bits per heavy atom. The minimum Gasteiger partial charge on any atom is -0.394 e. The summed E-state index contributed by atoms with van der Waals surface area (Å²) in [7, 11) is 0. The van der Waals surface area contributed by atoms with Gasteiger partial charge in [-0.25, -0.2) is 9.97 Å². The van der Waals surface area contributed by atoms with Crippen LogP contribution in [0.2, 0.25) is 5.28 Å². The molecule has 13 heavy (non-hydrogen) atoms. The minimum absolute atomic E-state index is 0.0366. The van der Waals surface area contributed by atoms with E-state index >= 15 is 0 Å². The Morgan fingerprint density at radius 3 is 3.08 bits per heavy atom. The lowest BCUT2D eigenvalue weighted by Gasteiger charge is -2.11. The fourth-order valence-corrected chi connectivity index (χ4v) is 0.932. The molecule has 0 amide bonds. The van der Waals surface area contributed by atoms with E-state index in [1.807, 2.05) is 0 Å². The number of nitrogens with zero attached hydrogens (tertiary/aromatic N) is 2. The zero-order valence-electron chi connectivity index (χ0n) is 6.94. The van der Waals surface area contributed by atoms with E-state index in [2.05, 4.69) is 21.9 Å². The van der Waals surface area contributed by atoms with Crippen molar-refractivity contribution in [1.82, 2.24) is 9.97 Å². The molecule has 0 fully saturated rings. The van der Waals surface area contributed by atoms with E-state index in [4.69, 9.17) is 16.7 Å². The number of halogens is 1. The van der Waals surface area contributed by atoms with Gasteiger partial charge in [-0.3, -0.25) is 0 Å². The number of hydrogen-bond acceptors (Lipinski definition) is 4. The summed E-state index contributed by atoms with van der Waals surface area (Å²) in [6.45, 7) is 3.51. The first-order chi connectivity index (χ1) is 6.26. The van der Waals surface area contributed by atoms with E-state index in [1.165, 1.54) is 6.20 Å². The van der Waals surface area contributed by atoms with Gasteiger partial charge in [0.15, 0.2) is 0 Å². The molecule has 0 aliphatic rings. The maximum atomic E-state index is 8.85. The Kier molecular flexibility index (Phi) is 3.67. The predicted octanol–water partition coefficient (Wildman–Crippen LogP) is 1.09. The summed E-state index contributed by atoms with van der Waals surface area (Å²) in [5, 5.41) is 11.9. The smallest absolute Gasteiger partial charge is 0.224 e. The second-order valence-corrected chi connectivity index (χ2v) is 2.72. The standard InChI is InChI=1S/C8H10ClN3O/c1-2-6(5-13)11-7-3-4-10-8(9)12-7/h2-4,6,13H,1,5H2,(H,10,11,12). The molecule has 1 atom stereocenters. The lowest BCUT2D eigenvalue weighted by molar-refractivity contribution is 0.290. The topological polar surface area (TPSA) is 58.0 Å². The van der Waals surface area contributed by atoms with Crippen molar-refractivity contribution in [1.29, 1.82) is 0 Å². The highest BCUT2D eigenvalue weighted by Crippen LogP contribution is 2.07. The Hall–Kier alpha value is -1.13. The number of aromatic nitrogens is 2. The zero-order valence-corrected chi connectivity index (χ0v) is 7.70. The van der Waals surface area contributed by atoms with Crippen LogP contribution in [0.25, 0.3) is 0 Å². The van der Waals surface area contributed by atoms with E-state index in [9.17, 15) is 0 Å². The maximum absolute atomic E-state index is 8.85. The molecule has 2 N–H and O–H groups in total. The molecule has 0 aliphatic carbocycles. The average molecular weight is 200 g/mol. The van der Waals surface area contributed by atoms with Crippen molar-refractivity contribution in [2.45, 2.75) is 6.04 Å².